The molecule has 1 heterocycles. The van der Waals surface area contributed by atoms with Gasteiger partial charge in [0.05, 0.1) is 24.8 Å². The predicted octanol–water partition coefficient (Wildman–Crippen LogP) is 2.26. The molecular formula is C14H12F3N3. The van der Waals surface area contributed by atoms with Crippen molar-refractivity contribution in [2.45, 2.75) is 12.7 Å². The van der Waals surface area contributed by atoms with Crippen LogP contribution in [0, 0.1) is 11.8 Å². The van der Waals surface area contributed by atoms with E-state index in [4.69, 9.17) is 5.73 Å². The van der Waals surface area contributed by atoms with Crippen LogP contribution in [-0.4, -0.2) is 16.3 Å². The van der Waals surface area contributed by atoms with Crippen molar-refractivity contribution in [2.24, 2.45) is 5.73 Å². The molecule has 0 radical (unpaired) electrons. The summed E-state index contributed by atoms with van der Waals surface area (Å²) in [7, 11) is 0. The lowest BCUT2D eigenvalue weighted by atomic mass is 10.1. The molecule has 1 aromatic heterocycles. The van der Waals surface area contributed by atoms with Crippen LogP contribution in [-0.2, 0) is 12.7 Å². The average Bonchev–Trinajstić information content (AvgIpc) is 2.86. The number of nitrogens with zero attached hydrogens (tertiary/aromatic N) is 2. The van der Waals surface area contributed by atoms with Crippen LogP contribution in [0.2, 0.25) is 0 Å². The molecule has 0 amide bonds. The highest BCUT2D eigenvalue weighted by atomic mass is 19.4. The predicted molar refractivity (Wildman–Crippen MR) is 68.7 cm³/mol. The fourth-order valence-electron chi connectivity index (χ4n) is 1.70. The van der Waals surface area contributed by atoms with Crippen LogP contribution in [0.1, 0.15) is 16.7 Å². The van der Waals surface area contributed by atoms with Gasteiger partial charge in [-0.1, -0.05) is 30.0 Å². The maximum atomic E-state index is 12.5. The van der Waals surface area contributed by atoms with Crippen molar-refractivity contribution in [3.05, 3.63) is 53.3 Å². The summed E-state index contributed by atoms with van der Waals surface area (Å²) in [6.07, 6.45) is -2.58. The van der Waals surface area contributed by atoms with Crippen molar-refractivity contribution < 1.29 is 13.2 Å². The summed E-state index contributed by atoms with van der Waals surface area (Å²) in [6.45, 7) is 0.458. The second-order valence-corrected chi connectivity index (χ2v) is 4.09. The van der Waals surface area contributed by atoms with Crippen molar-refractivity contribution in [3.8, 4) is 11.8 Å². The van der Waals surface area contributed by atoms with Crippen molar-refractivity contribution in [1.29, 1.82) is 0 Å². The first-order valence-corrected chi connectivity index (χ1v) is 5.87. The van der Waals surface area contributed by atoms with Gasteiger partial charge in [-0.25, -0.2) is 0 Å². The van der Waals surface area contributed by atoms with Crippen molar-refractivity contribution in [3.63, 3.8) is 0 Å². The summed E-state index contributed by atoms with van der Waals surface area (Å²) >= 11 is 0. The molecule has 0 aliphatic heterocycles. The zero-order valence-corrected chi connectivity index (χ0v) is 10.5. The number of alkyl halides is 3. The molecule has 0 fully saturated rings. The topological polar surface area (TPSA) is 43.8 Å². The summed E-state index contributed by atoms with van der Waals surface area (Å²) in [5, 5.41) is 3.72. The third-order valence-corrected chi connectivity index (χ3v) is 2.64. The molecule has 3 nitrogen and oxygen atoms in total. The zero-order chi connectivity index (χ0) is 14.6. The third kappa shape index (κ3) is 3.39. The Balaban J connectivity index is 2.24. The molecule has 0 saturated carbocycles. The van der Waals surface area contributed by atoms with Gasteiger partial charge in [-0.05, 0) is 11.6 Å². The number of rotatable bonds is 2. The number of nitrogens with two attached hydrogens (primary N) is 1. The first-order valence-electron chi connectivity index (χ1n) is 5.87. The highest BCUT2D eigenvalue weighted by molar-refractivity contribution is 5.41. The van der Waals surface area contributed by atoms with Gasteiger partial charge in [-0.15, -0.1) is 0 Å². The van der Waals surface area contributed by atoms with Gasteiger partial charge in [0.15, 0.2) is 0 Å². The average molecular weight is 279 g/mol. The fraction of sp³-hybridized carbons (Fsp3) is 0.214. The lowest BCUT2D eigenvalue weighted by Gasteiger charge is -2.05. The van der Waals surface area contributed by atoms with E-state index in [0.29, 0.717) is 0 Å². The molecule has 2 rings (SSSR count). The van der Waals surface area contributed by atoms with Crippen LogP contribution in [0.25, 0.3) is 0 Å². The Labute approximate surface area is 114 Å². The van der Waals surface area contributed by atoms with Gasteiger partial charge in [0.2, 0.25) is 0 Å². The van der Waals surface area contributed by atoms with Crippen LogP contribution in [0.3, 0.4) is 0 Å². The van der Waals surface area contributed by atoms with Gasteiger partial charge in [0, 0.05) is 11.8 Å². The molecule has 0 atom stereocenters. The van der Waals surface area contributed by atoms with Crippen molar-refractivity contribution in [2.75, 3.05) is 6.54 Å². The summed E-state index contributed by atoms with van der Waals surface area (Å²) < 4.78 is 38.7. The first-order chi connectivity index (χ1) is 9.50. The van der Waals surface area contributed by atoms with Crippen molar-refractivity contribution >= 4 is 0 Å². The Hall–Kier alpha value is -2.26. The number of halogens is 3. The minimum absolute atomic E-state index is 0.228. The summed E-state index contributed by atoms with van der Waals surface area (Å²) in [4.78, 5) is 0. The van der Waals surface area contributed by atoms with Crippen LogP contribution < -0.4 is 5.73 Å². The molecule has 0 spiro atoms. The van der Waals surface area contributed by atoms with Gasteiger partial charge < -0.3 is 5.73 Å². The maximum Gasteiger partial charge on any atom is 0.419 e. The largest absolute Gasteiger partial charge is 0.419 e. The molecular weight excluding hydrogens is 267 g/mol. The molecule has 0 aliphatic carbocycles. The lowest BCUT2D eigenvalue weighted by Crippen LogP contribution is -2.05. The van der Waals surface area contributed by atoms with E-state index >= 15 is 0 Å². The molecule has 20 heavy (non-hydrogen) atoms. The summed E-state index contributed by atoms with van der Waals surface area (Å²) in [5.74, 6) is 5.62. The first kappa shape index (κ1) is 14.2. The number of benzene rings is 1. The highest BCUT2D eigenvalue weighted by Gasteiger charge is 2.32. The monoisotopic (exact) mass is 279 g/mol. The fourth-order valence-corrected chi connectivity index (χ4v) is 1.70. The van der Waals surface area contributed by atoms with E-state index in [2.05, 4.69) is 16.9 Å². The quantitative estimate of drug-likeness (QED) is 0.857. The molecule has 6 heteroatoms. The van der Waals surface area contributed by atoms with E-state index < -0.39 is 11.7 Å². The number of aromatic nitrogens is 2. The Morgan fingerprint density at radius 2 is 2.00 bits per heavy atom. The Morgan fingerprint density at radius 1 is 1.25 bits per heavy atom. The van der Waals surface area contributed by atoms with Crippen molar-refractivity contribution in [1.82, 2.24) is 9.78 Å². The maximum absolute atomic E-state index is 12.5. The SMILES string of the molecule is NCC#Cc1ccccc1Cn1cc(C(F)(F)F)cn1. The van der Waals surface area contributed by atoms with Gasteiger partial charge in [0.1, 0.15) is 0 Å². The minimum Gasteiger partial charge on any atom is -0.320 e. The standard InChI is InChI=1S/C14H12F3N3/c15-14(16,17)13-8-19-20(10-13)9-12-5-2-1-4-11(12)6-3-7-18/h1-2,4-5,8,10H,7,9,18H2. The second kappa shape index (κ2) is 5.80. The molecule has 0 saturated heterocycles. The Morgan fingerprint density at radius 3 is 2.65 bits per heavy atom. The second-order valence-electron chi connectivity index (χ2n) is 4.09. The van der Waals surface area contributed by atoms with E-state index in [9.17, 15) is 13.2 Å². The highest BCUT2D eigenvalue weighted by Crippen LogP contribution is 2.28. The Bertz CT molecular complexity index is 647. The van der Waals surface area contributed by atoms with E-state index in [1.54, 1.807) is 18.2 Å². The van der Waals surface area contributed by atoms with E-state index in [0.717, 1.165) is 23.5 Å². The molecule has 1 aromatic carbocycles. The summed E-state index contributed by atoms with van der Waals surface area (Å²) in [5.41, 5.74) is 6.09. The van der Waals surface area contributed by atoms with E-state index in [-0.39, 0.29) is 13.1 Å². The normalized spacial score (nSPS) is 11.0. The number of hydrogen-bond acceptors (Lipinski definition) is 2. The zero-order valence-electron chi connectivity index (χ0n) is 10.5. The smallest absolute Gasteiger partial charge is 0.320 e. The van der Waals surface area contributed by atoms with E-state index in [1.165, 1.54) is 4.68 Å². The van der Waals surface area contributed by atoms with Gasteiger partial charge >= 0.3 is 6.18 Å². The van der Waals surface area contributed by atoms with Gasteiger partial charge in [0.25, 0.3) is 0 Å². The van der Waals surface area contributed by atoms with E-state index in [1.807, 2.05) is 6.07 Å². The lowest BCUT2D eigenvalue weighted by molar-refractivity contribution is -0.137. The Kier molecular flexibility index (Phi) is 4.11. The molecule has 0 unspecified atom stereocenters. The van der Waals surface area contributed by atoms with Gasteiger partial charge in [-0.3, -0.25) is 4.68 Å². The molecule has 2 N–H and O–H groups in total. The molecule has 2 aromatic rings. The van der Waals surface area contributed by atoms with Crippen LogP contribution in [0.15, 0.2) is 36.7 Å². The van der Waals surface area contributed by atoms with Gasteiger partial charge in [-0.2, -0.15) is 18.3 Å². The van der Waals surface area contributed by atoms with Crippen LogP contribution in [0.5, 0.6) is 0 Å². The molecule has 0 aliphatic rings. The number of hydrogen-bond donors (Lipinski definition) is 1. The summed E-state index contributed by atoms with van der Waals surface area (Å²) in [6, 6.07) is 7.22. The van der Waals surface area contributed by atoms with Crippen LogP contribution >= 0.6 is 0 Å². The third-order valence-electron chi connectivity index (χ3n) is 2.64. The molecule has 104 valence electrons. The molecule has 0 bridgehead atoms. The minimum atomic E-state index is -4.38. The van der Waals surface area contributed by atoms with Crippen LogP contribution in [0.4, 0.5) is 13.2 Å².